The quantitative estimate of drug-likeness (QED) is 0.613. The van der Waals surface area contributed by atoms with Crippen LogP contribution in [0.5, 0.6) is 11.5 Å². The number of ether oxygens (including phenoxy) is 2. The fourth-order valence-electron chi connectivity index (χ4n) is 3.57. The molecular weight excluding hydrogens is 361 g/mol. The molecule has 3 N–H and O–H groups in total. The number of hydrogen-bond donors (Lipinski definition) is 3. The van der Waals surface area contributed by atoms with Crippen LogP contribution in [0.4, 0.5) is 10.1 Å². The van der Waals surface area contributed by atoms with Gasteiger partial charge in [-0.15, -0.1) is 0 Å². The van der Waals surface area contributed by atoms with Crippen molar-refractivity contribution in [2.75, 3.05) is 52.3 Å². The zero-order valence-electron chi connectivity index (χ0n) is 16.4. The van der Waals surface area contributed by atoms with Crippen molar-refractivity contribution in [3.8, 4) is 11.5 Å². The van der Waals surface area contributed by atoms with E-state index in [1.165, 1.54) is 21.4 Å². The van der Waals surface area contributed by atoms with Crippen molar-refractivity contribution < 1.29 is 28.5 Å². The van der Waals surface area contributed by atoms with Crippen LogP contribution < -0.4 is 24.6 Å². The zero-order valence-corrected chi connectivity index (χ0v) is 16.4. The summed E-state index contributed by atoms with van der Waals surface area (Å²) >= 11 is 0. The number of benzene rings is 2. The average Bonchev–Trinajstić information content (AvgIpc) is 2.71. The van der Waals surface area contributed by atoms with Gasteiger partial charge in [-0.25, -0.2) is 4.39 Å². The van der Waals surface area contributed by atoms with Gasteiger partial charge < -0.3 is 24.6 Å². The number of rotatable bonds is 7. The van der Waals surface area contributed by atoms with Gasteiger partial charge in [0.1, 0.15) is 38.5 Å². The van der Waals surface area contributed by atoms with Gasteiger partial charge in [0.2, 0.25) is 0 Å². The van der Waals surface area contributed by atoms with Crippen LogP contribution in [-0.4, -0.2) is 52.9 Å². The molecule has 3 rings (SSSR count). The molecule has 0 aromatic heterocycles. The van der Waals surface area contributed by atoms with E-state index in [2.05, 4.69) is 11.4 Å². The third-order valence-electron chi connectivity index (χ3n) is 5.12. The van der Waals surface area contributed by atoms with Gasteiger partial charge in [-0.3, -0.25) is 4.79 Å². The maximum Gasteiger partial charge on any atom is 0.279 e. The molecule has 6 nitrogen and oxygen atoms in total. The number of methoxy groups -OCH3 is 2. The summed E-state index contributed by atoms with van der Waals surface area (Å²) in [6, 6.07) is 12.3. The minimum absolute atomic E-state index is 0.150. The van der Waals surface area contributed by atoms with Crippen molar-refractivity contribution in [2.24, 2.45) is 0 Å². The number of para-hydroxylation sites is 1. The summed E-state index contributed by atoms with van der Waals surface area (Å²) in [5, 5.41) is 2.66. The molecule has 2 aromatic rings. The highest BCUT2D eigenvalue weighted by atomic mass is 19.1. The lowest BCUT2D eigenvalue weighted by atomic mass is 10.1. The number of quaternary nitrogens is 2. The highest BCUT2D eigenvalue weighted by Crippen LogP contribution is 2.27. The summed E-state index contributed by atoms with van der Waals surface area (Å²) in [4.78, 5) is 14.9. The van der Waals surface area contributed by atoms with Gasteiger partial charge in [0.25, 0.3) is 5.91 Å². The van der Waals surface area contributed by atoms with Gasteiger partial charge in [0.15, 0.2) is 18.0 Å². The molecule has 0 spiro atoms. The second-order valence-corrected chi connectivity index (χ2v) is 7.07. The molecule has 1 saturated heterocycles. The van der Waals surface area contributed by atoms with Crippen LogP contribution in [0.15, 0.2) is 42.5 Å². The number of piperazine rings is 1. The van der Waals surface area contributed by atoms with Crippen molar-refractivity contribution in [1.29, 1.82) is 0 Å². The van der Waals surface area contributed by atoms with E-state index in [4.69, 9.17) is 9.47 Å². The van der Waals surface area contributed by atoms with E-state index >= 15 is 0 Å². The highest BCUT2D eigenvalue weighted by Gasteiger charge is 2.25. The van der Waals surface area contributed by atoms with E-state index in [0.717, 1.165) is 44.2 Å². The molecule has 1 aliphatic heterocycles. The van der Waals surface area contributed by atoms with Gasteiger partial charge in [0.05, 0.1) is 19.9 Å². The molecule has 0 saturated carbocycles. The Morgan fingerprint density at radius 1 is 1.00 bits per heavy atom. The molecule has 0 radical (unpaired) electrons. The van der Waals surface area contributed by atoms with E-state index in [-0.39, 0.29) is 11.6 Å². The predicted molar refractivity (Wildman–Crippen MR) is 105 cm³/mol. The number of carbonyl (C=O) groups excluding carboxylic acids is 1. The first-order chi connectivity index (χ1) is 13.6. The Bertz CT molecular complexity index is 807. The van der Waals surface area contributed by atoms with Gasteiger partial charge in [-0.1, -0.05) is 12.1 Å². The molecule has 0 bridgehead atoms. The lowest BCUT2D eigenvalue weighted by Crippen LogP contribution is -3.28. The summed E-state index contributed by atoms with van der Waals surface area (Å²) in [5.74, 6) is 0.920. The third-order valence-corrected chi connectivity index (χ3v) is 5.12. The minimum Gasteiger partial charge on any atom is -0.493 e. The molecular formula is C21H28FN3O3+2. The molecule has 2 aromatic carbocycles. The molecule has 0 aliphatic carbocycles. The summed E-state index contributed by atoms with van der Waals surface area (Å²) in [6.45, 7) is 5.06. The van der Waals surface area contributed by atoms with Crippen LogP contribution >= 0.6 is 0 Å². The van der Waals surface area contributed by atoms with Gasteiger partial charge in [-0.05, 0) is 30.3 Å². The molecule has 1 fully saturated rings. The van der Waals surface area contributed by atoms with Crippen molar-refractivity contribution in [1.82, 2.24) is 0 Å². The number of anilines is 1. The first kappa shape index (κ1) is 20.1. The molecule has 1 amide bonds. The molecule has 28 heavy (non-hydrogen) atoms. The number of halogens is 1. The predicted octanol–water partition coefficient (Wildman–Crippen LogP) is -0.235. The minimum atomic E-state index is -0.407. The maximum absolute atomic E-state index is 13.6. The van der Waals surface area contributed by atoms with Gasteiger partial charge in [-0.2, -0.15) is 0 Å². The molecule has 1 aliphatic rings. The highest BCUT2D eigenvalue weighted by molar-refractivity contribution is 5.91. The van der Waals surface area contributed by atoms with Crippen LogP contribution in [0.3, 0.4) is 0 Å². The molecule has 1 heterocycles. The smallest absolute Gasteiger partial charge is 0.279 e. The first-order valence-corrected chi connectivity index (χ1v) is 9.51. The average molecular weight is 389 g/mol. The lowest BCUT2D eigenvalue weighted by molar-refractivity contribution is -1.02. The third kappa shape index (κ3) is 5.21. The van der Waals surface area contributed by atoms with Crippen molar-refractivity contribution in [2.45, 2.75) is 6.54 Å². The topological polar surface area (TPSA) is 56.4 Å². The van der Waals surface area contributed by atoms with E-state index < -0.39 is 5.82 Å². The van der Waals surface area contributed by atoms with Gasteiger partial charge in [0, 0.05) is 5.56 Å². The molecule has 150 valence electrons. The molecule has 0 unspecified atom stereocenters. The molecule has 0 atom stereocenters. The van der Waals surface area contributed by atoms with E-state index in [1.807, 2.05) is 12.1 Å². The maximum atomic E-state index is 13.6. The Morgan fingerprint density at radius 2 is 1.68 bits per heavy atom. The van der Waals surface area contributed by atoms with E-state index in [0.29, 0.717) is 6.54 Å². The van der Waals surface area contributed by atoms with E-state index in [9.17, 15) is 9.18 Å². The number of hydrogen-bond acceptors (Lipinski definition) is 3. The summed E-state index contributed by atoms with van der Waals surface area (Å²) < 4.78 is 24.3. The van der Waals surface area contributed by atoms with Crippen LogP contribution in [0.25, 0.3) is 0 Å². The summed E-state index contributed by atoms with van der Waals surface area (Å²) in [5.41, 5.74) is 1.44. The Morgan fingerprint density at radius 3 is 2.36 bits per heavy atom. The van der Waals surface area contributed by atoms with Crippen molar-refractivity contribution >= 4 is 11.6 Å². The normalized spacial score (nSPS) is 19.1. The monoisotopic (exact) mass is 389 g/mol. The van der Waals surface area contributed by atoms with Crippen LogP contribution in [-0.2, 0) is 11.3 Å². The molecule has 7 heteroatoms. The van der Waals surface area contributed by atoms with Crippen molar-refractivity contribution in [3.63, 3.8) is 0 Å². The summed E-state index contributed by atoms with van der Waals surface area (Å²) in [7, 11) is 3.27. The Balaban J connectivity index is 1.47. The number of carbonyl (C=O) groups is 1. The summed E-state index contributed by atoms with van der Waals surface area (Å²) in [6.07, 6.45) is 0. The standard InChI is InChI=1S/C21H26FN3O3/c1-27-19-8-7-16(13-20(19)28-2)14-24-9-11-25(12-10-24)15-21(26)23-18-6-4-3-5-17(18)22/h3-8,13H,9-12,14-15H2,1-2H3,(H,23,26)/p+2. The van der Waals surface area contributed by atoms with Crippen LogP contribution in [0.2, 0.25) is 0 Å². The fourth-order valence-corrected chi connectivity index (χ4v) is 3.57. The largest absolute Gasteiger partial charge is 0.493 e. The van der Waals surface area contributed by atoms with Crippen LogP contribution in [0, 0.1) is 5.82 Å². The number of nitrogens with one attached hydrogen (secondary N) is 3. The van der Waals surface area contributed by atoms with Crippen LogP contribution in [0.1, 0.15) is 5.56 Å². The zero-order chi connectivity index (χ0) is 19.9. The Hall–Kier alpha value is -2.64. The lowest BCUT2D eigenvalue weighted by Gasteiger charge is -2.29. The first-order valence-electron chi connectivity index (χ1n) is 9.51. The van der Waals surface area contributed by atoms with Crippen molar-refractivity contribution in [3.05, 3.63) is 53.8 Å². The number of amides is 1. The van der Waals surface area contributed by atoms with Gasteiger partial charge >= 0.3 is 0 Å². The second-order valence-electron chi connectivity index (χ2n) is 7.07. The fraction of sp³-hybridized carbons (Fsp3) is 0.381. The Kier molecular flexibility index (Phi) is 6.84. The SMILES string of the molecule is COc1ccc(C[NH+]2CC[NH+](CC(=O)Nc3ccccc3F)CC2)cc1OC. The van der Waals surface area contributed by atoms with E-state index in [1.54, 1.807) is 32.4 Å². The Labute approximate surface area is 164 Å². The second kappa shape index (κ2) is 9.52.